The second-order valence-electron chi connectivity index (χ2n) is 4.73. The Labute approximate surface area is 117 Å². The first-order valence-corrected chi connectivity index (χ1v) is 8.49. The molecule has 0 aliphatic carbocycles. The molecule has 1 aromatic heterocycles. The Kier molecular flexibility index (Phi) is 4.34. The molecule has 0 amide bonds. The van der Waals surface area contributed by atoms with Crippen molar-refractivity contribution in [3.8, 4) is 0 Å². The zero-order valence-electron chi connectivity index (χ0n) is 10.7. The Bertz CT molecular complexity index is 541. The molecule has 0 spiro atoms. The van der Waals surface area contributed by atoms with Gasteiger partial charge in [-0.25, -0.2) is 18.1 Å². The van der Waals surface area contributed by atoms with Gasteiger partial charge in [0.15, 0.2) is 5.03 Å². The average molecular weight is 302 g/mol. The molecule has 2 heterocycles. The van der Waals surface area contributed by atoms with E-state index in [-0.39, 0.29) is 9.77 Å². The fourth-order valence-electron chi connectivity index (χ4n) is 2.01. The lowest BCUT2D eigenvalue weighted by Gasteiger charge is -2.22. The number of rotatable bonds is 5. The zero-order chi connectivity index (χ0) is 13.9. The third-order valence-corrected chi connectivity index (χ3v) is 6.01. The van der Waals surface area contributed by atoms with Gasteiger partial charge in [-0.05, 0) is 37.7 Å². The number of hydrogen-bond acceptors (Lipinski definition) is 6. The molecule has 106 valence electrons. The minimum atomic E-state index is -3.65. The van der Waals surface area contributed by atoms with Crippen molar-refractivity contribution >= 4 is 27.5 Å². The van der Waals surface area contributed by atoms with E-state index in [0.29, 0.717) is 12.2 Å². The normalized spacial score (nSPS) is 23.5. The number of nitrogens with one attached hydrogen (secondary N) is 2. The summed E-state index contributed by atoms with van der Waals surface area (Å²) in [5.41, 5.74) is 2.64. The quantitative estimate of drug-likeness (QED) is 0.553. The SMILES string of the molecule is CC1(CNS(=O)(=O)c2ncccc2NN)CCCS1. The van der Waals surface area contributed by atoms with Crippen LogP contribution in [0.4, 0.5) is 5.69 Å². The van der Waals surface area contributed by atoms with Crippen LogP contribution in [0.15, 0.2) is 23.4 Å². The first kappa shape index (κ1) is 14.6. The summed E-state index contributed by atoms with van der Waals surface area (Å²) in [6.45, 7) is 2.48. The zero-order valence-corrected chi connectivity index (χ0v) is 12.4. The van der Waals surface area contributed by atoms with E-state index in [1.807, 2.05) is 0 Å². The molecular weight excluding hydrogens is 284 g/mol. The number of hydrogen-bond donors (Lipinski definition) is 3. The molecule has 8 heteroatoms. The third-order valence-electron chi connectivity index (χ3n) is 3.12. The van der Waals surface area contributed by atoms with Crippen LogP contribution in [0.3, 0.4) is 0 Å². The monoisotopic (exact) mass is 302 g/mol. The Morgan fingerprint density at radius 1 is 1.58 bits per heavy atom. The maximum absolute atomic E-state index is 12.2. The molecule has 1 fully saturated rings. The summed E-state index contributed by atoms with van der Waals surface area (Å²) in [5, 5.41) is -0.0657. The van der Waals surface area contributed by atoms with Crippen molar-refractivity contribution in [1.82, 2.24) is 9.71 Å². The van der Waals surface area contributed by atoms with Crippen LogP contribution in [-0.4, -0.2) is 30.4 Å². The van der Waals surface area contributed by atoms with Gasteiger partial charge in [0.05, 0.1) is 5.69 Å². The molecule has 1 aromatic rings. The van der Waals surface area contributed by atoms with E-state index in [1.165, 1.54) is 6.20 Å². The molecule has 2 rings (SSSR count). The Morgan fingerprint density at radius 3 is 3.00 bits per heavy atom. The number of pyridine rings is 1. The van der Waals surface area contributed by atoms with Crippen LogP contribution in [0.1, 0.15) is 19.8 Å². The van der Waals surface area contributed by atoms with Gasteiger partial charge in [0, 0.05) is 17.5 Å². The second-order valence-corrected chi connectivity index (χ2v) is 8.09. The van der Waals surface area contributed by atoms with E-state index in [0.717, 1.165) is 18.6 Å². The Balaban J connectivity index is 2.14. The molecule has 4 N–H and O–H groups in total. The highest BCUT2D eigenvalue weighted by Gasteiger charge is 2.31. The van der Waals surface area contributed by atoms with Crippen LogP contribution in [0.2, 0.25) is 0 Å². The van der Waals surface area contributed by atoms with Gasteiger partial charge in [-0.15, -0.1) is 0 Å². The molecule has 0 aromatic carbocycles. The van der Waals surface area contributed by atoms with Gasteiger partial charge in [0.2, 0.25) is 0 Å². The fraction of sp³-hybridized carbons (Fsp3) is 0.545. The van der Waals surface area contributed by atoms with Gasteiger partial charge in [-0.3, -0.25) is 5.84 Å². The Hall–Kier alpha value is -0.830. The van der Waals surface area contributed by atoms with Crippen LogP contribution >= 0.6 is 11.8 Å². The first-order valence-electron chi connectivity index (χ1n) is 6.02. The molecule has 0 saturated carbocycles. The largest absolute Gasteiger partial charge is 0.321 e. The lowest BCUT2D eigenvalue weighted by atomic mass is 10.1. The highest BCUT2D eigenvalue weighted by molar-refractivity contribution is 8.01. The van der Waals surface area contributed by atoms with Crippen molar-refractivity contribution in [3.05, 3.63) is 18.3 Å². The van der Waals surface area contributed by atoms with Gasteiger partial charge in [0.1, 0.15) is 0 Å². The lowest BCUT2D eigenvalue weighted by molar-refractivity contribution is 0.550. The molecule has 19 heavy (non-hydrogen) atoms. The van der Waals surface area contributed by atoms with Crippen LogP contribution in [0.5, 0.6) is 0 Å². The molecule has 1 atom stereocenters. The number of nitrogens with zero attached hydrogens (tertiary/aromatic N) is 1. The summed E-state index contributed by atoms with van der Waals surface area (Å²) in [5.74, 6) is 6.39. The molecule has 6 nitrogen and oxygen atoms in total. The van der Waals surface area contributed by atoms with E-state index < -0.39 is 10.0 Å². The summed E-state index contributed by atoms with van der Waals surface area (Å²) in [6.07, 6.45) is 3.58. The minimum absolute atomic E-state index is 0.0296. The molecule has 1 aliphatic heterocycles. The van der Waals surface area contributed by atoms with Crippen molar-refractivity contribution in [2.45, 2.75) is 29.5 Å². The average Bonchev–Trinajstić information content (AvgIpc) is 2.84. The van der Waals surface area contributed by atoms with Crippen molar-refractivity contribution in [3.63, 3.8) is 0 Å². The number of aromatic nitrogens is 1. The number of nitrogens with two attached hydrogens (primary N) is 1. The van der Waals surface area contributed by atoms with Gasteiger partial charge >= 0.3 is 0 Å². The highest BCUT2D eigenvalue weighted by Crippen LogP contribution is 2.37. The highest BCUT2D eigenvalue weighted by atomic mass is 32.2. The van der Waals surface area contributed by atoms with Crippen LogP contribution in [-0.2, 0) is 10.0 Å². The van der Waals surface area contributed by atoms with Crippen molar-refractivity contribution in [2.24, 2.45) is 5.84 Å². The van der Waals surface area contributed by atoms with Gasteiger partial charge in [-0.2, -0.15) is 11.8 Å². The number of anilines is 1. The molecular formula is C11H18N4O2S2. The molecule has 1 unspecified atom stereocenters. The topological polar surface area (TPSA) is 97.1 Å². The van der Waals surface area contributed by atoms with E-state index in [4.69, 9.17) is 5.84 Å². The first-order chi connectivity index (χ1) is 8.97. The minimum Gasteiger partial charge on any atom is -0.321 e. The lowest BCUT2D eigenvalue weighted by Crippen LogP contribution is -2.37. The van der Waals surface area contributed by atoms with Crippen LogP contribution in [0, 0.1) is 0 Å². The predicted octanol–water partition coefficient (Wildman–Crippen LogP) is 0.931. The smallest absolute Gasteiger partial charge is 0.260 e. The van der Waals surface area contributed by atoms with E-state index in [1.54, 1.807) is 23.9 Å². The third kappa shape index (κ3) is 3.38. The maximum atomic E-state index is 12.2. The maximum Gasteiger partial charge on any atom is 0.260 e. The number of nitrogen functional groups attached to an aromatic ring is 1. The van der Waals surface area contributed by atoms with E-state index in [2.05, 4.69) is 22.1 Å². The van der Waals surface area contributed by atoms with E-state index in [9.17, 15) is 8.42 Å². The number of thioether (sulfide) groups is 1. The van der Waals surface area contributed by atoms with Crippen LogP contribution in [0.25, 0.3) is 0 Å². The van der Waals surface area contributed by atoms with Gasteiger partial charge < -0.3 is 5.43 Å². The summed E-state index contributed by atoms with van der Waals surface area (Å²) < 4.78 is 27.1. The van der Waals surface area contributed by atoms with Crippen molar-refractivity contribution in [1.29, 1.82) is 0 Å². The predicted molar refractivity (Wildman–Crippen MR) is 77.3 cm³/mol. The molecule has 0 radical (unpaired) electrons. The molecule has 1 saturated heterocycles. The summed E-state index contributed by atoms with van der Waals surface area (Å²) in [6, 6.07) is 3.20. The molecule has 1 aliphatic rings. The fourth-order valence-corrected chi connectivity index (χ4v) is 4.60. The van der Waals surface area contributed by atoms with E-state index >= 15 is 0 Å². The summed E-state index contributed by atoms with van der Waals surface area (Å²) in [4.78, 5) is 3.89. The van der Waals surface area contributed by atoms with Crippen molar-refractivity contribution < 1.29 is 8.42 Å². The Morgan fingerprint density at radius 2 is 2.37 bits per heavy atom. The summed E-state index contributed by atoms with van der Waals surface area (Å²) in [7, 11) is -3.65. The van der Waals surface area contributed by atoms with Crippen molar-refractivity contribution in [2.75, 3.05) is 17.7 Å². The summed E-state index contributed by atoms with van der Waals surface area (Å²) >= 11 is 1.80. The van der Waals surface area contributed by atoms with Gasteiger partial charge in [0.25, 0.3) is 10.0 Å². The number of sulfonamides is 1. The van der Waals surface area contributed by atoms with Crippen LogP contribution < -0.4 is 16.0 Å². The second kappa shape index (κ2) is 5.66. The standard InChI is InChI=1S/C11H18N4O2S2/c1-11(5-3-7-18-11)8-14-19(16,17)10-9(15-12)4-2-6-13-10/h2,4,6,14-15H,3,5,7-8,12H2,1H3. The number of hydrazine groups is 1. The van der Waals surface area contributed by atoms with Gasteiger partial charge in [-0.1, -0.05) is 0 Å². The molecule has 0 bridgehead atoms.